The molecular weight excluding hydrogens is 142 g/mol. The van der Waals surface area contributed by atoms with E-state index in [9.17, 15) is 4.79 Å². The van der Waals surface area contributed by atoms with E-state index in [1.807, 2.05) is 0 Å². The molecule has 0 spiro atoms. The zero-order chi connectivity index (χ0) is 14.1. The Morgan fingerprint density at radius 3 is 2.91 bits per heavy atom. The Kier molecular flexibility index (Phi) is 1.54. The summed E-state index contributed by atoms with van der Waals surface area (Å²) in [4.78, 5) is 11.0. The molecule has 0 radical (unpaired) electrons. The maximum atomic E-state index is 11.0. The first-order valence-electron chi connectivity index (χ1n) is 6.16. The number of carbonyl (C=O) groups is 1. The SMILES string of the molecule is [2H]OC(=O)C([2H])([2H])C([2H])([2H])CN([2H])C(C)(C)C. The molecule has 3 nitrogen and oxygen atoms in total. The summed E-state index contributed by atoms with van der Waals surface area (Å²) in [6.45, 7) is 4.37. The fourth-order valence-corrected chi connectivity index (χ4v) is 0.388. The van der Waals surface area contributed by atoms with Crippen molar-refractivity contribution in [1.82, 2.24) is 5.31 Å². The lowest BCUT2D eigenvalue weighted by Crippen LogP contribution is -2.36. The average Bonchev–Trinajstić information content (AvgIpc) is 2.13. The zero-order valence-corrected chi connectivity index (χ0v) is 6.97. The third kappa shape index (κ3) is 9.43. The molecule has 11 heavy (non-hydrogen) atoms. The highest BCUT2D eigenvalue weighted by molar-refractivity contribution is 5.66. The van der Waals surface area contributed by atoms with Crippen LogP contribution in [0.15, 0.2) is 0 Å². The first-order valence-corrected chi connectivity index (χ1v) is 3.30. The van der Waals surface area contributed by atoms with Gasteiger partial charge >= 0.3 is 5.97 Å². The van der Waals surface area contributed by atoms with Crippen molar-refractivity contribution in [2.75, 3.05) is 6.54 Å². The fourth-order valence-electron chi connectivity index (χ4n) is 0.388. The van der Waals surface area contributed by atoms with Gasteiger partial charge in [-0.25, -0.2) is 0 Å². The summed E-state index contributed by atoms with van der Waals surface area (Å²) < 4.78 is 43.6. The van der Waals surface area contributed by atoms with Gasteiger partial charge in [-0.15, -0.1) is 0 Å². The second-order valence-electron chi connectivity index (χ2n) is 3.08. The molecule has 0 unspecified atom stereocenters. The van der Waals surface area contributed by atoms with Gasteiger partial charge in [-0.3, -0.25) is 4.79 Å². The normalized spacial score (nSPS) is 22.2. The van der Waals surface area contributed by atoms with Crippen LogP contribution in [-0.2, 0) is 4.79 Å². The summed E-state index contributed by atoms with van der Waals surface area (Å²) in [5.74, 6) is -1.61. The molecular formula is C8H17NO2. The van der Waals surface area contributed by atoms with Crippen LogP contribution in [0.25, 0.3) is 1.43 Å². The largest absolute Gasteiger partial charge is 0.481 e. The number of carboxylic acid groups (broad SMARTS) is 1. The monoisotopic (exact) mass is 165 g/mol. The number of rotatable bonds is 4. The van der Waals surface area contributed by atoms with Crippen molar-refractivity contribution in [3.63, 3.8) is 0 Å². The molecule has 0 aliphatic carbocycles. The molecule has 0 atom stereocenters. The predicted octanol–water partition coefficient (Wildman–Crippen LogP) is 1.24. The lowest BCUT2D eigenvalue weighted by atomic mass is 10.1. The maximum absolute atomic E-state index is 11.0. The van der Waals surface area contributed by atoms with Gasteiger partial charge in [0.25, 0.3) is 1.43 Å². The molecule has 0 rings (SSSR count). The third-order valence-corrected chi connectivity index (χ3v) is 0.823. The Morgan fingerprint density at radius 2 is 2.45 bits per heavy atom. The van der Waals surface area contributed by atoms with Crippen molar-refractivity contribution in [3.8, 4) is 0 Å². The van der Waals surface area contributed by atoms with Gasteiger partial charge < -0.3 is 10.4 Å². The third-order valence-electron chi connectivity index (χ3n) is 0.823. The van der Waals surface area contributed by atoms with Gasteiger partial charge in [0.05, 0.1) is 0 Å². The van der Waals surface area contributed by atoms with Crippen LogP contribution in [0.2, 0.25) is 1.41 Å². The van der Waals surface area contributed by atoms with Crippen LogP contribution in [0, 0.1) is 0 Å². The molecule has 0 aliphatic rings. The average molecular weight is 165 g/mol. The van der Waals surface area contributed by atoms with Crippen LogP contribution in [-0.4, -0.2) is 23.2 Å². The Morgan fingerprint density at radius 1 is 1.82 bits per heavy atom. The van der Waals surface area contributed by atoms with Crippen molar-refractivity contribution in [3.05, 3.63) is 0 Å². The molecule has 0 aromatic heterocycles. The van der Waals surface area contributed by atoms with Gasteiger partial charge in [0.1, 0.15) is 1.41 Å². The fraction of sp³-hybridized carbons (Fsp3) is 0.875. The Labute approximate surface area is 76.4 Å². The number of hydrogen-bond donors (Lipinski definition) is 2. The highest BCUT2D eigenvalue weighted by Crippen LogP contribution is 1.98. The summed E-state index contributed by atoms with van der Waals surface area (Å²) in [7, 11) is 0. The van der Waals surface area contributed by atoms with E-state index in [0.29, 0.717) is 0 Å². The molecule has 0 fully saturated rings. The lowest BCUT2D eigenvalue weighted by molar-refractivity contribution is -0.137. The van der Waals surface area contributed by atoms with Crippen molar-refractivity contribution >= 4 is 5.97 Å². The highest BCUT2D eigenvalue weighted by Gasteiger charge is 2.07. The van der Waals surface area contributed by atoms with E-state index in [1.54, 1.807) is 20.8 Å². The first-order chi connectivity index (χ1) is 7.36. The maximum Gasteiger partial charge on any atom is 0.303 e. The topological polar surface area (TPSA) is 49.3 Å². The number of carboxylic acids is 1. The van der Waals surface area contributed by atoms with Crippen LogP contribution >= 0.6 is 0 Å². The van der Waals surface area contributed by atoms with Gasteiger partial charge in [-0.2, -0.15) is 0 Å². The van der Waals surface area contributed by atoms with E-state index in [4.69, 9.17) is 8.33 Å². The van der Waals surface area contributed by atoms with Crippen molar-refractivity contribution < 1.29 is 16.8 Å². The predicted molar refractivity (Wildman–Crippen MR) is 44.6 cm³/mol. The molecule has 2 N–H and O–H groups in total. The van der Waals surface area contributed by atoms with Gasteiger partial charge in [0, 0.05) is 17.4 Å². The summed E-state index contributed by atoms with van der Waals surface area (Å²) in [6, 6.07) is 0. The number of aliphatic carboxylic acids is 1. The second kappa shape index (κ2) is 4.34. The van der Waals surface area contributed by atoms with Crippen LogP contribution in [0.4, 0.5) is 0 Å². The lowest BCUT2D eigenvalue weighted by Gasteiger charge is -2.19. The standard InChI is InChI=1S/C8H17NO2/c1-8(2,3)9-6-4-5-7(10)11/h9H,4-6H2,1-3H3,(H,10,11)/i4D2,5D2/hD2. The highest BCUT2D eigenvalue weighted by atomic mass is 16.4. The molecule has 0 saturated heterocycles. The van der Waals surface area contributed by atoms with Crippen molar-refractivity contribution in [2.24, 2.45) is 0 Å². The van der Waals surface area contributed by atoms with Gasteiger partial charge in [0.15, 0.2) is 0 Å². The van der Waals surface area contributed by atoms with E-state index >= 15 is 0 Å². The van der Waals surface area contributed by atoms with Crippen molar-refractivity contribution in [1.29, 1.82) is 1.43 Å². The molecule has 3 heteroatoms. The Bertz CT molecular complexity index is 288. The minimum absolute atomic E-state index is 0.613. The molecule has 0 saturated carbocycles. The summed E-state index contributed by atoms with van der Waals surface area (Å²) >= 11 is 0. The molecule has 0 aliphatic heterocycles. The van der Waals surface area contributed by atoms with Gasteiger partial charge in [-0.1, -0.05) is 0 Å². The van der Waals surface area contributed by atoms with E-state index in [2.05, 4.69) is 5.11 Å². The molecule has 0 amide bonds. The van der Waals surface area contributed by atoms with E-state index in [1.165, 1.54) is 0 Å². The van der Waals surface area contributed by atoms with E-state index in [-0.39, 0.29) is 0 Å². The second-order valence-corrected chi connectivity index (χ2v) is 3.08. The van der Waals surface area contributed by atoms with Crippen LogP contribution in [0.5, 0.6) is 0 Å². The van der Waals surface area contributed by atoms with Gasteiger partial charge in [0.2, 0.25) is 0 Å². The minimum Gasteiger partial charge on any atom is -0.481 e. The number of hydrogen-bond acceptors (Lipinski definition) is 3. The first kappa shape index (κ1) is 3.90. The number of nitrogens with one attached hydrogen (secondary N) is 1. The Hall–Kier alpha value is -0.570. The molecule has 0 aromatic rings. The molecule has 0 heterocycles. The van der Waals surface area contributed by atoms with E-state index < -0.39 is 30.8 Å². The van der Waals surface area contributed by atoms with Crippen LogP contribution in [0.3, 0.4) is 0 Å². The summed E-state index contributed by atoms with van der Waals surface area (Å²) in [5.41, 5.74) is -0.686. The quantitative estimate of drug-likeness (QED) is 0.659. The summed E-state index contributed by atoms with van der Waals surface area (Å²) in [5, 5.41) is 4.33. The smallest absolute Gasteiger partial charge is 0.303 e. The van der Waals surface area contributed by atoms with E-state index in [0.717, 1.165) is 5.31 Å². The van der Waals surface area contributed by atoms with Crippen molar-refractivity contribution in [2.45, 2.75) is 39.1 Å². The molecule has 66 valence electrons. The summed E-state index contributed by atoms with van der Waals surface area (Å²) in [6.07, 6.45) is -5.60. The molecule has 0 bridgehead atoms. The van der Waals surface area contributed by atoms with Gasteiger partial charge in [-0.05, 0) is 33.7 Å². The van der Waals surface area contributed by atoms with Crippen LogP contribution < -0.4 is 5.31 Å². The van der Waals surface area contributed by atoms with Crippen LogP contribution in [0.1, 0.15) is 39.0 Å². The molecule has 0 aromatic carbocycles. The Balaban J connectivity index is 4.97. The minimum atomic E-state index is -2.97. The zero-order valence-electron chi connectivity index (χ0n) is 13.0.